The first kappa shape index (κ1) is 14.7. The molecule has 1 aromatic rings. The van der Waals surface area contributed by atoms with Crippen LogP contribution in [0.2, 0.25) is 0 Å². The van der Waals surface area contributed by atoms with E-state index in [9.17, 15) is 13.2 Å². The van der Waals surface area contributed by atoms with Gasteiger partial charge in [-0.3, -0.25) is 0 Å². The van der Waals surface area contributed by atoms with Crippen molar-refractivity contribution in [2.24, 2.45) is 5.92 Å². The largest absolute Gasteiger partial charge is 0.416 e. The van der Waals surface area contributed by atoms with E-state index in [1.54, 1.807) is 12.1 Å². The highest BCUT2D eigenvalue weighted by Gasteiger charge is 2.45. The Bertz CT molecular complexity index is 507. The zero-order valence-corrected chi connectivity index (χ0v) is 12.4. The second kappa shape index (κ2) is 4.90. The van der Waals surface area contributed by atoms with Crippen LogP contribution in [0.5, 0.6) is 0 Å². The smallest absolute Gasteiger partial charge is 0.366 e. The van der Waals surface area contributed by atoms with Crippen LogP contribution >= 0.6 is 0 Å². The third kappa shape index (κ3) is 2.89. The van der Waals surface area contributed by atoms with Gasteiger partial charge in [0.25, 0.3) is 0 Å². The van der Waals surface area contributed by atoms with Gasteiger partial charge in [-0.05, 0) is 56.9 Å². The maximum Gasteiger partial charge on any atom is 0.416 e. The molecule has 2 nitrogen and oxygen atoms in total. The molecule has 0 radical (unpaired) electrons. The van der Waals surface area contributed by atoms with Crippen LogP contribution in [0.15, 0.2) is 24.3 Å². The lowest BCUT2D eigenvalue weighted by Crippen LogP contribution is -2.63. The summed E-state index contributed by atoms with van der Waals surface area (Å²) in [4.78, 5) is 2.23. The van der Waals surface area contributed by atoms with Crippen LogP contribution in [0.25, 0.3) is 0 Å². The molecule has 2 aliphatic rings. The molecular formula is C16H21F3N2. The Morgan fingerprint density at radius 3 is 2.33 bits per heavy atom. The monoisotopic (exact) mass is 298 g/mol. The molecule has 1 saturated heterocycles. The Morgan fingerprint density at radius 1 is 1.19 bits per heavy atom. The third-order valence-corrected chi connectivity index (χ3v) is 4.84. The second-order valence-corrected chi connectivity index (χ2v) is 6.59. The number of hydrogen-bond donors (Lipinski definition) is 1. The van der Waals surface area contributed by atoms with Gasteiger partial charge in [-0.2, -0.15) is 13.2 Å². The van der Waals surface area contributed by atoms with E-state index in [-0.39, 0.29) is 11.6 Å². The van der Waals surface area contributed by atoms with Crippen LogP contribution in [0, 0.1) is 5.92 Å². The molecule has 0 aromatic heterocycles. The molecule has 5 heteroatoms. The fourth-order valence-electron chi connectivity index (χ4n) is 3.24. The molecular weight excluding hydrogens is 277 g/mol. The van der Waals surface area contributed by atoms with E-state index in [0.717, 1.165) is 18.8 Å². The van der Waals surface area contributed by atoms with Crippen LogP contribution < -0.4 is 10.2 Å². The first-order valence-electron chi connectivity index (χ1n) is 7.48. The summed E-state index contributed by atoms with van der Waals surface area (Å²) in [5.74, 6) is 0.696. The summed E-state index contributed by atoms with van der Waals surface area (Å²) in [7, 11) is 0. The van der Waals surface area contributed by atoms with Gasteiger partial charge in [-0.25, -0.2) is 0 Å². The number of nitrogens with one attached hydrogen (secondary N) is 1. The van der Waals surface area contributed by atoms with Crippen LogP contribution in [-0.2, 0) is 6.18 Å². The topological polar surface area (TPSA) is 15.3 Å². The molecule has 3 rings (SSSR count). The van der Waals surface area contributed by atoms with Crippen molar-refractivity contribution in [3.63, 3.8) is 0 Å². The van der Waals surface area contributed by atoms with Gasteiger partial charge in [-0.15, -0.1) is 0 Å². The quantitative estimate of drug-likeness (QED) is 0.896. The summed E-state index contributed by atoms with van der Waals surface area (Å²) in [5.41, 5.74) is 0.373. The lowest BCUT2D eigenvalue weighted by molar-refractivity contribution is -0.137. The van der Waals surface area contributed by atoms with E-state index in [0.29, 0.717) is 5.92 Å². The molecule has 1 saturated carbocycles. The highest BCUT2D eigenvalue weighted by atomic mass is 19.4. The number of benzene rings is 1. The number of rotatable bonds is 2. The maximum absolute atomic E-state index is 12.7. The van der Waals surface area contributed by atoms with Crippen molar-refractivity contribution in [3.8, 4) is 0 Å². The molecule has 2 atom stereocenters. The fourth-order valence-corrected chi connectivity index (χ4v) is 3.24. The highest BCUT2D eigenvalue weighted by Crippen LogP contribution is 2.42. The SMILES string of the molecule is CC1CNC(C)(C2CC2)CN1c1ccc(C(F)(F)F)cc1. The van der Waals surface area contributed by atoms with Crippen molar-refractivity contribution >= 4 is 5.69 Å². The predicted octanol–water partition coefficient (Wildman–Crippen LogP) is 3.67. The maximum atomic E-state index is 12.7. The van der Waals surface area contributed by atoms with E-state index >= 15 is 0 Å². The van der Waals surface area contributed by atoms with Crippen LogP contribution in [0.3, 0.4) is 0 Å². The summed E-state index contributed by atoms with van der Waals surface area (Å²) in [6.45, 7) is 6.06. The van der Waals surface area contributed by atoms with Crippen molar-refractivity contribution in [2.75, 3.05) is 18.0 Å². The molecule has 116 valence electrons. The minimum absolute atomic E-state index is 0.0786. The molecule has 1 aliphatic heterocycles. The molecule has 1 aliphatic carbocycles. The summed E-state index contributed by atoms with van der Waals surface area (Å²) < 4.78 is 38.0. The van der Waals surface area contributed by atoms with Crippen LogP contribution in [-0.4, -0.2) is 24.7 Å². The molecule has 1 heterocycles. The molecule has 0 amide bonds. The summed E-state index contributed by atoms with van der Waals surface area (Å²) in [5, 5.41) is 3.62. The minimum atomic E-state index is -4.27. The summed E-state index contributed by atoms with van der Waals surface area (Å²) >= 11 is 0. The van der Waals surface area contributed by atoms with Gasteiger partial charge in [0.15, 0.2) is 0 Å². The van der Waals surface area contributed by atoms with Crippen LogP contribution in [0.4, 0.5) is 18.9 Å². The normalized spacial score (nSPS) is 30.5. The van der Waals surface area contributed by atoms with E-state index in [1.807, 2.05) is 0 Å². The van der Waals surface area contributed by atoms with Crippen molar-refractivity contribution in [2.45, 2.75) is 44.4 Å². The Morgan fingerprint density at radius 2 is 1.81 bits per heavy atom. The van der Waals surface area contributed by atoms with Gasteiger partial charge in [-0.1, -0.05) is 0 Å². The molecule has 2 unspecified atom stereocenters. The van der Waals surface area contributed by atoms with Crippen molar-refractivity contribution < 1.29 is 13.2 Å². The molecule has 0 spiro atoms. The third-order valence-electron chi connectivity index (χ3n) is 4.84. The van der Waals surface area contributed by atoms with E-state index in [4.69, 9.17) is 0 Å². The minimum Gasteiger partial charge on any atom is -0.366 e. The van der Waals surface area contributed by atoms with E-state index in [2.05, 4.69) is 24.1 Å². The Kier molecular flexibility index (Phi) is 3.43. The van der Waals surface area contributed by atoms with Gasteiger partial charge >= 0.3 is 6.18 Å². The van der Waals surface area contributed by atoms with Crippen molar-refractivity contribution in [1.82, 2.24) is 5.32 Å². The number of hydrogen-bond acceptors (Lipinski definition) is 2. The van der Waals surface area contributed by atoms with Crippen LogP contribution in [0.1, 0.15) is 32.3 Å². The molecule has 1 aromatic carbocycles. The van der Waals surface area contributed by atoms with Gasteiger partial charge in [0.1, 0.15) is 0 Å². The fraction of sp³-hybridized carbons (Fsp3) is 0.625. The van der Waals surface area contributed by atoms with Crippen molar-refractivity contribution in [1.29, 1.82) is 0 Å². The lowest BCUT2D eigenvalue weighted by atomic mass is 9.91. The Balaban J connectivity index is 1.81. The Hall–Kier alpha value is -1.23. The van der Waals surface area contributed by atoms with Gasteiger partial charge in [0.05, 0.1) is 5.56 Å². The number of halogens is 3. The van der Waals surface area contributed by atoms with Gasteiger partial charge in [0, 0.05) is 30.4 Å². The molecule has 1 N–H and O–H groups in total. The number of piperazine rings is 1. The molecule has 21 heavy (non-hydrogen) atoms. The number of nitrogens with zero attached hydrogens (tertiary/aromatic N) is 1. The Labute approximate surface area is 123 Å². The average Bonchev–Trinajstić information content (AvgIpc) is 3.26. The highest BCUT2D eigenvalue weighted by molar-refractivity contribution is 5.50. The average molecular weight is 298 g/mol. The zero-order chi connectivity index (χ0) is 15.3. The molecule has 2 fully saturated rings. The zero-order valence-electron chi connectivity index (χ0n) is 12.4. The second-order valence-electron chi connectivity index (χ2n) is 6.59. The van der Waals surface area contributed by atoms with Gasteiger partial charge < -0.3 is 10.2 Å². The predicted molar refractivity (Wildman–Crippen MR) is 77.4 cm³/mol. The van der Waals surface area contributed by atoms with E-state index in [1.165, 1.54) is 25.0 Å². The lowest BCUT2D eigenvalue weighted by Gasteiger charge is -2.47. The first-order valence-corrected chi connectivity index (χ1v) is 7.48. The van der Waals surface area contributed by atoms with Gasteiger partial charge in [0.2, 0.25) is 0 Å². The first-order chi connectivity index (χ1) is 9.79. The van der Waals surface area contributed by atoms with Crippen molar-refractivity contribution in [3.05, 3.63) is 29.8 Å². The summed E-state index contributed by atoms with van der Waals surface area (Å²) in [6, 6.07) is 5.83. The number of anilines is 1. The van der Waals surface area contributed by atoms with E-state index < -0.39 is 11.7 Å². The molecule has 0 bridgehead atoms. The standard InChI is InChI=1S/C16H21F3N2/c1-11-9-20-15(2,12-3-4-12)10-21(11)14-7-5-13(6-8-14)16(17,18)19/h5-8,11-12,20H,3-4,9-10H2,1-2H3. The number of alkyl halides is 3. The summed E-state index contributed by atoms with van der Waals surface area (Å²) in [6.07, 6.45) is -1.77.